The summed E-state index contributed by atoms with van der Waals surface area (Å²) in [6.45, 7) is 11.6. The van der Waals surface area contributed by atoms with Crippen LogP contribution in [0.4, 0.5) is 0 Å². The molecule has 0 aromatic carbocycles. The fourth-order valence-electron chi connectivity index (χ4n) is 5.94. The summed E-state index contributed by atoms with van der Waals surface area (Å²) in [6, 6.07) is 0. The van der Waals surface area contributed by atoms with E-state index < -0.39 is 0 Å². The molecular weight excluding hydrogens is 256 g/mol. The van der Waals surface area contributed by atoms with E-state index in [2.05, 4.69) is 39.5 Å². The molecule has 0 saturated heterocycles. The average molecular weight is 288 g/mol. The molecule has 0 unspecified atom stereocenters. The number of hydrogen-bond donors (Lipinski definition) is 1. The zero-order valence-corrected chi connectivity index (χ0v) is 14.1. The van der Waals surface area contributed by atoms with Gasteiger partial charge in [-0.25, -0.2) is 0 Å². The number of aliphatic hydroxyl groups excluding tert-OH is 1. The van der Waals surface area contributed by atoms with E-state index in [1.165, 1.54) is 38.5 Å². The van der Waals surface area contributed by atoms with E-state index in [1.54, 1.807) is 5.57 Å². The molecule has 3 aliphatic rings. The first-order valence-corrected chi connectivity index (χ1v) is 8.82. The predicted molar refractivity (Wildman–Crippen MR) is 89.0 cm³/mol. The predicted octanol–water partition coefficient (Wildman–Crippen LogP) is 5.11. The van der Waals surface area contributed by atoms with Gasteiger partial charge in [-0.05, 0) is 66.6 Å². The lowest BCUT2D eigenvalue weighted by Gasteiger charge is -2.59. The Labute approximate surface area is 130 Å². The third-order valence-electron chi connectivity index (χ3n) is 7.31. The van der Waals surface area contributed by atoms with Crippen molar-refractivity contribution in [3.63, 3.8) is 0 Å². The van der Waals surface area contributed by atoms with Crippen molar-refractivity contribution in [3.8, 4) is 0 Å². The van der Waals surface area contributed by atoms with Gasteiger partial charge in [0.1, 0.15) is 0 Å². The van der Waals surface area contributed by atoms with Gasteiger partial charge in [-0.15, -0.1) is 6.58 Å². The van der Waals surface area contributed by atoms with E-state index in [-0.39, 0.29) is 5.41 Å². The van der Waals surface area contributed by atoms with Gasteiger partial charge in [0.2, 0.25) is 0 Å². The minimum atomic E-state index is 0.137. The van der Waals surface area contributed by atoms with Crippen LogP contribution in [-0.2, 0) is 0 Å². The molecule has 0 bridgehead atoms. The largest absolute Gasteiger partial charge is 0.396 e. The Morgan fingerprint density at radius 3 is 2.71 bits per heavy atom. The summed E-state index contributed by atoms with van der Waals surface area (Å²) in [5, 5.41) is 9.99. The van der Waals surface area contributed by atoms with Gasteiger partial charge < -0.3 is 5.11 Å². The van der Waals surface area contributed by atoms with Crippen molar-refractivity contribution in [3.05, 3.63) is 24.3 Å². The summed E-state index contributed by atoms with van der Waals surface area (Å²) in [7, 11) is 0. The SMILES string of the molecule is C=C[C@@]1(C)CC=C2[C@@H](CC[C@@H]3[C@](C)(CO)CCC[C@]23C)C1. The first-order chi connectivity index (χ1) is 9.87. The third-order valence-corrected chi connectivity index (χ3v) is 7.31. The van der Waals surface area contributed by atoms with Crippen LogP contribution in [0.15, 0.2) is 24.3 Å². The van der Waals surface area contributed by atoms with Crippen molar-refractivity contribution in [1.82, 2.24) is 0 Å². The monoisotopic (exact) mass is 288 g/mol. The van der Waals surface area contributed by atoms with E-state index in [1.807, 2.05) is 0 Å². The maximum Gasteiger partial charge on any atom is 0.0487 e. The van der Waals surface area contributed by atoms with Gasteiger partial charge >= 0.3 is 0 Å². The number of allylic oxidation sites excluding steroid dienone is 3. The standard InChI is InChI=1S/C20H32O/c1-5-18(2)12-9-16-15(13-18)7-8-17-19(3,14-21)10-6-11-20(16,17)4/h5,9,15,17,21H,1,6-8,10-14H2,2-4H3/t15-,17+,18-,19-,20+/m0/s1. The van der Waals surface area contributed by atoms with Gasteiger partial charge in [0.25, 0.3) is 0 Å². The first-order valence-electron chi connectivity index (χ1n) is 8.82. The van der Waals surface area contributed by atoms with Crippen LogP contribution in [0.2, 0.25) is 0 Å². The fraction of sp³-hybridized carbons (Fsp3) is 0.800. The second-order valence-electron chi connectivity index (χ2n) is 8.84. The second kappa shape index (κ2) is 4.98. The minimum Gasteiger partial charge on any atom is -0.396 e. The van der Waals surface area contributed by atoms with Gasteiger partial charge in [-0.1, -0.05) is 44.9 Å². The summed E-state index contributed by atoms with van der Waals surface area (Å²) >= 11 is 0. The van der Waals surface area contributed by atoms with Gasteiger partial charge in [0.15, 0.2) is 0 Å². The Morgan fingerprint density at radius 1 is 1.29 bits per heavy atom. The van der Waals surface area contributed by atoms with E-state index >= 15 is 0 Å². The van der Waals surface area contributed by atoms with Gasteiger partial charge in [-0.2, -0.15) is 0 Å². The zero-order chi connectivity index (χ0) is 15.3. The molecule has 0 aromatic rings. The summed E-state index contributed by atoms with van der Waals surface area (Å²) in [4.78, 5) is 0. The highest BCUT2D eigenvalue weighted by Gasteiger charge is 2.54. The van der Waals surface area contributed by atoms with Crippen LogP contribution < -0.4 is 0 Å². The van der Waals surface area contributed by atoms with Crippen LogP contribution in [0.5, 0.6) is 0 Å². The Balaban J connectivity index is 1.96. The van der Waals surface area contributed by atoms with Crippen LogP contribution in [0.25, 0.3) is 0 Å². The molecule has 21 heavy (non-hydrogen) atoms. The fourth-order valence-corrected chi connectivity index (χ4v) is 5.94. The van der Waals surface area contributed by atoms with Crippen LogP contribution in [-0.4, -0.2) is 11.7 Å². The normalized spacial score (nSPS) is 49.8. The molecule has 3 rings (SSSR count). The summed E-state index contributed by atoms with van der Waals surface area (Å²) < 4.78 is 0. The van der Waals surface area contributed by atoms with Crippen LogP contribution in [0, 0.1) is 28.1 Å². The summed E-state index contributed by atoms with van der Waals surface area (Å²) in [5.41, 5.74) is 2.50. The number of rotatable bonds is 2. The molecule has 0 heterocycles. The molecule has 0 radical (unpaired) electrons. The first kappa shape index (κ1) is 15.3. The van der Waals surface area contributed by atoms with Crippen LogP contribution in [0.3, 0.4) is 0 Å². The molecule has 0 amide bonds. The van der Waals surface area contributed by atoms with Crippen molar-refractivity contribution >= 4 is 0 Å². The van der Waals surface area contributed by atoms with Crippen LogP contribution in [0.1, 0.15) is 65.7 Å². The lowest BCUT2D eigenvalue weighted by atomic mass is 9.46. The third kappa shape index (κ3) is 2.23. The average Bonchev–Trinajstić information content (AvgIpc) is 2.46. The molecule has 3 aliphatic carbocycles. The minimum absolute atomic E-state index is 0.137. The van der Waals surface area contributed by atoms with Gasteiger partial charge in [0, 0.05) is 6.61 Å². The number of aliphatic hydroxyl groups is 1. The van der Waals surface area contributed by atoms with E-state index in [0.717, 1.165) is 12.3 Å². The molecule has 1 N–H and O–H groups in total. The van der Waals surface area contributed by atoms with Gasteiger partial charge in [0.05, 0.1) is 0 Å². The van der Waals surface area contributed by atoms with Crippen molar-refractivity contribution < 1.29 is 5.11 Å². The molecule has 0 spiro atoms. The zero-order valence-electron chi connectivity index (χ0n) is 14.1. The molecule has 1 heteroatoms. The number of fused-ring (bicyclic) bond motifs is 3. The molecule has 5 atom stereocenters. The molecule has 0 aliphatic heterocycles. The highest BCUT2D eigenvalue weighted by Crippen LogP contribution is 2.63. The van der Waals surface area contributed by atoms with Crippen molar-refractivity contribution in [1.29, 1.82) is 0 Å². The molecule has 0 aromatic heterocycles. The van der Waals surface area contributed by atoms with Crippen molar-refractivity contribution in [2.45, 2.75) is 65.7 Å². The Morgan fingerprint density at radius 2 is 2.05 bits per heavy atom. The van der Waals surface area contributed by atoms with Crippen LogP contribution >= 0.6 is 0 Å². The Kier molecular flexibility index (Phi) is 3.64. The Hall–Kier alpha value is -0.560. The van der Waals surface area contributed by atoms with Gasteiger partial charge in [-0.3, -0.25) is 0 Å². The quantitative estimate of drug-likeness (QED) is 0.700. The van der Waals surface area contributed by atoms with E-state index in [4.69, 9.17) is 0 Å². The highest BCUT2D eigenvalue weighted by molar-refractivity contribution is 5.28. The van der Waals surface area contributed by atoms with E-state index in [9.17, 15) is 5.11 Å². The summed E-state index contributed by atoms with van der Waals surface area (Å²) in [5.74, 6) is 1.42. The Bertz CT molecular complexity index is 464. The molecular formula is C20H32O. The molecule has 2 fully saturated rings. The summed E-state index contributed by atoms with van der Waals surface area (Å²) in [6.07, 6.45) is 13.6. The highest BCUT2D eigenvalue weighted by atomic mass is 16.3. The second-order valence-corrected chi connectivity index (χ2v) is 8.84. The van der Waals surface area contributed by atoms with E-state index in [0.29, 0.717) is 23.4 Å². The molecule has 1 nitrogen and oxygen atoms in total. The molecule has 118 valence electrons. The van der Waals surface area contributed by atoms with Crippen molar-refractivity contribution in [2.75, 3.05) is 6.61 Å². The maximum atomic E-state index is 9.99. The lowest BCUT2D eigenvalue weighted by molar-refractivity contribution is -0.0558. The lowest BCUT2D eigenvalue weighted by Crippen LogP contribution is -2.51. The molecule has 2 saturated carbocycles. The van der Waals surface area contributed by atoms with Crippen molar-refractivity contribution in [2.24, 2.45) is 28.1 Å². The maximum absolute atomic E-state index is 9.99. The topological polar surface area (TPSA) is 20.2 Å². The smallest absolute Gasteiger partial charge is 0.0487 e. The number of hydrogen-bond acceptors (Lipinski definition) is 1.